The van der Waals surface area contributed by atoms with Crippen molar-refractivity contribution < 1.29 is 14.3 Å². The topological polar surface area (TPSA) is 59.6 Å². The Morgan fingerprint density at radius 3 is 2.65 bits per heavy atom. The van der Waals surface area contributed by atoms with Crippen LogP contribution in [0, 0.1) is 0 Å². The highest BCUT2D eigenvalue weighted by Gasteiger charge is 2.22. The van der Waals surface area contributed by atoms with Gasteiger partial charge in [0.05, 0.1) is 6.10 Å². The summed E-state index contributed by atoms with van der Waals surface area (Å²) in [6.07, 6.45) is 4.60. The molecule has 0 bridgehead atoms. The van der Waals surface area contributed by atoms with Gasteiger partial charge in [0.15, 0.2) is 0 Å². The van der Waals surface area contributed by atoms with Gasteiger partial charge in [-0.1, -0.05) is 0 Å². The number of amides is 1. The van der Waals surface area contributed by atoms with Crippen LogP contribution in [0.3, 0.4) is 0 Å². The summed E-state index contributed by atoms with van der Waals surface area (Å²) in [6.45, 7) is 8.32. The molecule has 5 heteroatoms. The Labute approximate surface area is 122 Å². The maximum atomic E-state index is 11.6. The summed E-state index contributed by atoms with van der Waals surface area (Å²) in [5.74, 6) is 0. The Kier molecular flexibility index (Phi) is 6.76. The minimum atomic E-state index is -0.452. The van der Waals surface area contributed by atoms with Crippen LogP contribution in [-0.2, 0) is 9.47 Å². The standard InChI is InChI=1S/C15H30N2O3/c1-11(17-14(18)20-15(2,3)4)10-16-12-7-6-8-13(9-12)19-5/h11-13,16H,6-10H2,1-5H3,(H,17,18). The van der Waals surface area contributed by atoms with Crippen LogP contribution in [-0.4, -0.2) is 43.5 Å². The molecule has 20 heavy (non-hydrogen) atoms. The number of hydrogen-bond donors (Lipinski definition) is 2. The van der Waals surface area contributed by atoms with Gasteiger partial charge in [-0.3, -0.25) is 0 Å². The molecule has 1 fully saturated rings. The van der Waals surface area contributed by atoms with E-state index in [1.165, 1.54) is 12.8 Å². The van der Waals surface area contributed by atoms with Crippen molar-refractivity contribution in [1.29, 1.82) is 0 Å². The van der Waals surface area contributed by atoms with Gasteiger partial charge in [0.25, 0.3) is 0 Å². The molecule has 1 aliphatic rings. The normalized spacial score (nSPS) is 25.1. The molecular weight excluding hydrogens is 256 g/mol. The van der Waals surface area contributed by atoms with E-state index in [9.17, 15) is 4.79 Å². The largest absolute Gasteiger partial charge is 0.444 e. The zero-order chi connectivity index (χ0) is 15.2. The highest BCUT2D eigenvalue weighted by molar-refractivity contribution is 5.68. The second-order valence-electron chi connectivity index (χ2n) is 6.68. The number of ether oxygens (including phenoxy) is 2. The number of rotatable bonds is 5. The Hall–Kier alpha value is -0.810. The summed E-state index contributed by atoms with van der Waals surface area (Å²) in [5.41, 5.74) is -0.452. The molecule has 1 saturated carbocycles. The SMILES string of the molecule is COC1CCCC(NCC(C)NC(=O)OC(C)(C)C)C1. The quantitative estimate of drug-likeness (QED) is 0.815. The third-order valence-corrected chi connectivity index (χ3v) is 3.44. The fourth-order valence-corrected chi connectivity index (χ4v) is 2.45. The molecular formula is C15H30N2O3. The van der Waals surface area contributed by atoms with Gasteiger partial charge in [0.2, 0.25) is 0 Å². The van der Waals surface area contributed by atoms with Crippen LogP contribution >= 0.6 is 0 Å². The fraction of sp³-hybridized carbons (Fsp3) is 0.933. The van der Waals surface area contributed by atoms with Crippen LogP contribution < -0.4 is 10.6 Å². The van der Waals surface area contributed by atoms with Crippen molar-refractivity contribution in [2.45, 2.75) is 77.2 Å². The first-order valence-corrected chi connectivity index (χ1v) is 7.56. The molecule has 0 spiro atoms. The second-order valence-corrected chi connectivity index (χ2v) is 6.68. The van der Waals surface area contributed by atoms with Gasteiger partial charge >= 0.3 is 6.09 Å². The maximum absolute atomic E-state index is 11.6. The number of carbonyl (C=O) groups excluding carboxylic acids is 1. The van der Waals surface area contributed by atoms with Crippen LogP contribution in [0.5, 0.6) is 0 Å². The molecule has 0 aliphatic heterocycles. The van der Waals surface area contributed by atoms with Gasteiger partial charge in [-0.05, 0) is 53.4 Å². The monoisotopic (exact) mass is 286 g/mol. The van der Waals surface area contributed by atoms with Crippen LogP contribution in [0.15, 0.2) is 0 Å². The van der Waals surface area contributed by atoms with Gasteiger partial charge in [-0.2, -0.15) is 0 Å². The average Bonchev–Trinajstić information content (AvgIpc) is 2.34. The van der Waals surface area contributed by atoms with Crippen molar-refractivity contribution in [2.75, 3.05) is 13.7 Å². The average molecular weight is 286 g/mol. The molecule has 5 nitrogen and oxygen atoms in total. The van der Waals surface area contributed by atoms with E-state index >= 15 is 0 Å². The Bertz CT molecular complexity index is 302. The van der Waals surface area contributed by atoms with Crippen molar-refractivity contribution in [3.63, 3.8) is 0 Å². The van der Waals surface area contributed by atoms with Crippen LogP contribution in [0.1, 0.15) is 53.4 Å². The summed E-state index contributed by atoms with van der Waals surface area (Å²) in [7, 11) is 1.78. The van der Waals surface area contributed by atoms with E-state index in [2.05, 4.69) is 10.6 Å². The molecule has 118 valence electrons. The molecule has 0 aromatic carbocycles. The first kappa shape index (κ1) is 17.2. The summed E-state index contributed by atoms with van der Waals surface area (Å²) < 4.78 is 10.7. The zero-order valence-corrected chi connectivity index (χ0v) is 13.5. The van der Waals surface area contributed by atoms with Gasteiger partial charge in [-0.25, -0.2) is 4.79 Å². The van der Waals surface area contributed by atoms with Crippen molar-refractivity contribution in [1.82, 2.24) is 10.6 Å². The minimum Gasteiger partial charge on any atom is -0.444 e. The lowest BCUT2D eigenvalue weighted by molar-refractivity contribution is 0.0493. The lowest BCUT2D eigenvalue weighted by Crippen LogP contribution is -2.46. The first-order valence-electron chi connectivity index (χ1n) is 7.56. The van der Waals surface area contributed by atoms with Crippen molar-refractivity contribution in [2.24, 2.45) is 0 Å². The predicted molar refractivity (Wildman–Crippen MR) is 79.9 cm³/mol. The first-order chi connectivity index (χ1) is 9.30. The molecule has 0 aromatic rings. The number of alkyl carbamates (subject to hydrolysis) is 1. The molecule has 2 N–H and O–H groups in total. The van der Waals surface area contributed by atoms with Crippen molar-refractivity contribution >= 4 is 6.09 Å². The minimum absolute atomic E-state index is 0.0489. The number of nitrogens with one attached hydrogen (secondary N) is 2. The predicted octanol–water partition coefficient (Wildman–Crippen LogP) is 2.45. The summed E-state index contributed by atoms with van der Waals surface area (Å²) in [6, 6.07) is 0.532. The van der Waals surface area contributed by atoms with E-state index < -0.39 is 5.60 Å². The molecule has 0 saturated heterocycles. The molecule has 0 radical (unpaired) electrons. The Morgan fingerprint density at radius 2 is 2.05 bits per heavy atom. The van der Waals surface area contributed by atoms with E-state index in [4.69, 9.17) is 9.47 Å². The molecule has 3 unspecified atom stereocenters. The summed E-state index contributed by atoms with van der Waals surface area (Å²) >= 11 is 0. The molecule has 0 aromatic heterocycles. The van der Waals surface area contributed by atoms with Gasteiger partial charge in [0.1, 0.15) is 5.60 Å². The molecule has 1 aliphatic carbocycles. The highest BCUT2D eigenvalue weighted by Crippen LogP contribution is 2.20. The van der Waals surface area contributed by atoms with E-state index in [1.807, 2.05) is 27.7 Å². The van der Waals surface area contributed by atoms with Crippen molar-refractivity contribution in [3.05, 3.63) is 0 Å². The third kappa shape index (κ3) is 7.10. The lowest BCUT2D eigenvalue weighted by Gasteiger charge is -2.30. The number of methoxy groups -OCH3 is 1. The number of carbonyl (C=O) groups is 1. The van der Waals surface area contributed by atoms with Crippen molar-refractivity contribution in [3.8, 4) is 0 Å². The fourth-order valence-electron chi connectivity index (χ4n) is 2.45. The zero-order valence-electron chi connectivity index (χ0n) is 13.5. The lowest BCUT2D eigenvalue weighted by atomic mass is 9.93. The van der Waals surface area contributed by atoms with Gasteiger partial charge in [0, 0.05) is 25.7 Å². The molecule has 0 heterocycles. The smallest absolute Gasteiger partial charge is 0.407 e. The summed E-state index contributed by atoms with van der Waals surface area (Å²) in [5, 5.41) is 6.35. The second kappa shape index (κ2) is 7.84. The summed E-state index contributed by atoms with van der Waals surface area (Å²) in [4.78, 5) is 11.6. The van der Waals surface area contributed by atoms with Crippen LogP contribution in [0.4, 0.5) is 4.79 Å². The molecule has 1 rings (SSSR count). The third-order valence-electron chi connectivity index (χ3n) is 3.44. The Morgan fingerprint density at radius 1 is 1.35 bits per heavy atom. The van der Waals surface area contributed by atoms with Crippen LogP contribution in [0.25, 0.3) is 0 Å². The van der Waals surface area contributed by atoms with Gasteiger partial charge in [-0.15, -0.1) is 0 Å². The van der Waals surface area contributed by atoms with Crippen LogP contribution in [0.2, 0.25) is 0 Å². The van der Waals surface area contributed by atoms with Gasteiger partial charge < -0.3 is 20.1 Å². The maximum Gasteiger partial charge on any atom is 0.407 e. The Balaban J connectivity index is 2.22. The van der Waals surface area contributed by atoms with E-state index in [1.54, 1.807) is 7.11 Å². The molecule has 1 amide bonds. The number of hydrogen-bond acceptors (Lipinski definition) is 4. The van der Waals surface area contributed by atoms with E-state index in [0.29, 0.717) is 12.1 Å². The highest BCUT2D eigenvalue weighted by atomic mass is 16.6. The van der Waals surface area contributed by atoms with E-state index in [0.717, 1.165) is 19.4 Å². The van der Waals surface area contributed by atoms with E-state index in [-0.39, 0.29) is 12.1 Å². The molecule has 3 atom stereocenters.